The summed E-state index contributed by atoms with van der Waals surface area (Å²) in [4.78, 5) is 52.0. The highest BCUT2D eigenvalue weighted by Gasteiger charge is 2.62. The highest BCUT2D eigenvalue weighted by Crippen LogP contribution is 2.46. The Morgan fingerprint density at radius 3 is 2.75 bits per heavy atom. The SMILES string of the molecule is COc1ccc2c(O[C@@H]3C[C@H]4C(=O)N[C@]5(C(=O)NS(=O)(=O)C6CC6)C[C@H]5/C=C\CCCCCCC(=O)N4C3)cc(-c3nccs3)nc2c1. The Hall–Kier alpha value is -4.04. The molecule has 1 aromatic carbocycles. The Morgan fingerprint density at radius 1 is 1.15 bits per heavy atom. The van der Waals surface area contributed by atoms with E-state index in [1.54, 1.807) is 18.2 Å². The van der Waals surface area contributed by atoms with Crippen molar-refractivity contribution in [1.82, 2.24) is 24.9 Å². The third-order valence-electron chi connectivity index (χ3n) is 9.65. The van der Waals surface area contributed by atoms with Crippen molar-refractivity contribution >= 4 is 50.0 Å². The number of pyridine rings is 1. The van der Waals surface area contributed by atoms with Crippen molar-refractivity contribution in [3.8, 4) is 22.2 Å². The third kappa shape index (κ3) is 6.64. The van der Waals surface area contributed by atoms with Gasteiger partial charge in [0.2, 0.25) is 21.8 Å². The predicted molar refractivity (Wildman–Crippen MR) is 180 cm³/mol. The zero-order valence-corrected chi connectivity index (χ0v) is 28.4. The number of carbonyl (C=O) groups excluding carboxylic acids is 3. The van der Waals surface area contributed by atoms with E-state index in [0.717, 1.165) is 36.1 Å². The molecule has 14 heteroatoms. The van der Waals surface area contributed by atoms with Crippen LogP contribution in [-0.2, 0) is 24.4 Å². The van der Waals surface area contributed by atoms with E-state index in [-0.39, 0.29) is 31.2 Å². The summed E-state index contributed by atoms with van der Waals surface area (Å²) in [5.41, 5.74) is -0.114. The fourth-order valence-corrected chi connectivity index (χ4v) is 8.67. The van der Waals surface area contributed by atoms with E-state index in [1.165, 1.54) is 11.3 Å². The topological polar surface area (TPSA) is 157 Å². The lowest BCUT2D eigenvalue weighted by atomic mass is 10.1. The first-order valence-electron chi connectivity index (χ1n) is 16.6. The zero-order valence-electron chi connectivity index (χ0n) is 26.7. The van der Waals surface area contributed by atoms with E-state index in [4.69, 9.17) is 14.5 Å². The number of fused-ring (bicyclic) bond motifs is 3. The first kappa shape index (κ1) is 32.5. The van der Waals surface area contributed by atoms with Crippen LogP contribution in [-0.4, -0.2) is 77.6 Å². The summed E-state index contributed by atoms with van der Waals surface area (Å²) in [6.45, 7) is 0.183. The van der Waals surface area contributed by atoms with Crippen molar-refractivity contribution in [2.24, 2.45) is 5.92 Å². The number of aromatic nitrogens is 2. The second-order valence-electron chi connectivity index (χ2n) is 13.1. The summed E-state index contributed by atoms with van der Waals surface area (Å²) in [5.74, 6) is -0.526. The van der Waals surface area contributed by atoms with E-state index in [9.17, 15) is 22.8 Å². The Bertz CT molecular complexity index is 1860. The van der Waals surface area contributed by atoms with Crippen LogP contribution in [0.3, 0.4) is 0 Å². The average molecular weight is 694 g/mol. The normalized spacial score (nSPS) is 27.2. The van der Waals surface area contributed by atoms with Crippen LogP contribution in [0.25, 0.3) is 21.6 Å². The molecule has 1 saturated heterocycles. The summed E-state index contributed by atoms with van der Waals surface area (Å²) in [7, 11) is -2.23. The number of sulfonamides is 1. The molecule has 0 unspecified atom stereocenters. The van der Waals surface area contributed by atoms with Crippen molar-refractivity contribution < 1.29 is 32.3 Å². The van der Waals surface area contributed by atoms with E-state index < -0.39 is 44.8 Å². The van der Waals surface area contributed by atoms with Crippen LogP contribution in [0.4, 0.5) is 0 Å². The molecule has 0 spiro atoms. The number of benzene rings is 1. The quantitative estimate of drug-likeness (QED) is 0.348. The number of nitrogens with one attached hydrogen (secondary N) is 2. The highest BCUT2D eigenvalue weighted by atomic mass is 32.2. The Morgan fingerprint density at radius 2 is 1.98 bits per heavy atom. The number of carbonyl (C=O) groups is 3. The monoisotopic (exact) mass is 693 g/mol. The summed E-state index contributed by atoms with van der Waals surface area (Å²) in [6.07, 6.45) is 11.2. The van der Waals surface area contributed by atoms with Crippen LogP contribution in [0.5, 0.6) is 11.5 Å². The van der Waals surface area contributed by atoms with Gasteiger partial charge in [-0.15, -0.1) is 11.3 Å². The first-order valence-corrected chi connectivity index (χ1v) is 19.0. The van der Waals surface area contributed by atoms with Gasteiger partial charge in [-0.05, 0) is 50.7 Å². The molecule has 3 amide bonds. The minimum absolute atomic E-state index is 0.149. The summed E-state index contributed by atoms with van der Waals surface area (Å²) < 4.78 is 39.7. The summed E-state index contributed by atoms with van der Waals surface area (Å²) in [5, 5.41) is 5.68. The van der Waals surface area contributed by atoms with Gasteiger partial charge in [0, 0.05) is 47.9 Å². The molecule has 2 aliphatic heterocycles. The van der Waals surface area contributed by atoms with Crippen molar-refractivity contribution in [1.29, 1.82) is 0 Å². The van der Waals surface area contributed by atoms with Gasteiger partial charge in [0.05, 0.1) is 24.4 Å². The molecule has 3 fully saturated rings. The molecule has 7 rings (SSSR count). The molecule has 2 saturated carbocycles. The molecule has 0 radical (unpaired) electrons. The molecule has 2 aromatic heterocycles. The maximum absolute atomic E-state index is 14.1. The predicted octanol–water partition coefficient (Wildman–Crippen LogP) is 4.11. The number of nitrogens with zero attached hydrogens (tertiary/aromatic N) is 3. The molecule has 0 bridgehead atoms. The largest absolute Gasteiger partial charge is 0.497 e. The number of hydrogen-bond donors (Lipinski definition) is 2. The molecule has 12 nitrogen and oxygen atoms in total. The number of thiazole rings is 1. The van der Waals surface area contributed by atoms with E-state index >= 15 is 0 Å². The van der Waals surface area contributed by atoms with Gasteiger partial charge in [0.1, 0.15) is 39.9 Å². The van der Waals surface area contributed by atoms with Gasteiger partial charge in [0.25, 0.3) is 5.91 Å². The molecule has 4 heterocycles. The first-order chi connectivity index (χ1) is 23.2. The van der Waals surface area contributed by atoms with Crippen LogP contribution in [0.1, 0.15) is 64.2 Å². The van der Waals surface area contributed by atoms with E-state index in [1.807, 2.05) is 41.8 Å². The van der Waals surface area contributed by atoms with Crippen LogP contribution < -0.4 is 19.5 Å². The molecule has 2 N–H and O–H groups in total. The molecule has 4 aliphatic rings. The second kappa shape index (κ2) is 13.1. The van der Waals surface area contributed by atoms with E-state index in [0.29, 0.717) is 48.4 Å². The third-order valence-corrected chi connectivity index (χ3v) is 12.3. The average Bonchev–Trinajstić information content (AvgIpc) is 3.93. The minimum atomic E-state index is -3.82. The number of rotatable bonds is 7. The fraction of sp³-hybridized carbons (Fsp3) is 0.500. The number of hydrogen-bond acceptors (Lipinski definition) is 10. The molecule has 2 aliphatic carbocycles. The Balaban J connectivity index is 1.17. The van der Waals surface area contributed by atoms with Crippen LogP contribution in [0.15, 0.2) is 48.0 Å². The van der Waals surface area contributed by atoms with Gasteiger partial charge in [-0.3, -0.25) is 19.1 Å². The summed E-state index contributed by atoms with van der Waals surface area (Å²) in [6, 6.07) is 6.45. The van der Waals surface area contributed by atoms with Crippen molar-refractivity contribution in [2.45, 2.75) is 87.1 Å². The zero-order chi connectivity index (χ0) is 33.5. The molecular formula is C34H39N5O7S2. The Kier molecular flexibility index (Phi) is 8.88. The van der Waals surface area contributed by atoms with Crippen LogP contribution in [0.2, 0.25) is 0 Å². The molecular weight excluding hydrogens is 655 g/mol. The van der Waals surface area contributed by atoms with Gasteiger partial charge in [-0.25, -0.2) is 18.4 Å². The minimum Gasteiger partial charge on any atom is -0.497 e. The van der Waals surface area contributed by atoms with Gasteiger partial charge in [0.15, 0.2) is 0 Å². The molecule has 48 heavy (non-hydrogen) atoms. The molecule has 3 aromatic rings. The van der Waals surface area contributed by atoms with Gasteiger partial charge < -0.3 is 19.7 Å². The fourth-order valence-electron chi connectivity index (χ4n) is 6.71. The Labute approximate surface area is 283 Å². The molecule has 4 atom stereocenters. The van der Waals surface area contributed by atoms with Gasteiger partial charge >= 0.3 is 0 Å². The van der Waals surface area contributed by atoms with E-state index in [2.05, 4.69) is 15.0 Å². The van der Waals surface area contributed by atoms with Crippen molar-refractivity contribution in [3.63, 3.8) is 0 Å². The van der Waals surface area contributed by atoms with Gasteiger partial charge in [-0.1, -0.05) is 25.0 Å². The summed E-state index contributed by atoms with van der Waals surface area (Å²) >= 11 is 1.45. The number of methoxy groups -OCH3 is 1. The lowest BCUT2D eigenvalue weighted by Gasteiger charge is -2.26. The number of ether oxygens (including phenoxy) is 2. The molecule has 254 valence electrons. The highest BCUT2D eigenvalue weighted by molar-refractivity contribution is 7.91. The standard InChI is InChI=1S/C34H39N5O7S2/c1-45-22-10-13-25-26(16-22)36-27(32-35-14-15-47-32)18-29(25)46-23-17-28-31(41)37-34(33(42)38-48(43,44)24-11-12-24)19-21(34)8-6-4-2-3-5-7-9-30(40)39(28)20-23/h6,8,10,13-16,18,21,23-24,28H,2-5,7,9,11-12,17,19-20H2,1H3,(H,37,41)(H,38,42)/b8-6-/t21-,23-,28+,34-/m1/s1. The van der Waals surface area contributed by atoms with Crippen molar-refractivity contribution in [3.05, 3.63) is 48.0 Å². The maximum atomic E-state index is 14.1. The smallest absolute Gasteiger partial charge is 0.259 e. The lowest BCUT2D eigenvalue weighted by Crippen LogP contribution is -2.56. The second-order valence-corrected chi connectivity index (χ2v) is 15.9. The number of amides is 3. The maximum Gasteiger partial charge on any atom is 0.259 e. The van der Waals surface area contributed by atoms with Crippen molar-refractivity contribution in [2.75, 3.05) is 13.7 Å². The van der Waals surface area contributed by atoms with Gasteiger partial charge in [-0.2, -0.15) is 0 Å². The van der Waals surface area contributed by atoms with Crippen LogP contribution in [0, 0.1) is 5.92 Å². The lowest BCUT2D eigenvalue weighted by molar-refractivity contribution is -0.139. The van der Waals surface area contributed by atoms with Crippen LogP contribution >= 0.6 is 11.3 Å². The number of allylic oxidation sites excluding steroid dienone is 1.